The molecule has 0 atom stereocenters. The van der Waals surface area contributed by atoms with Gasteiger partial charge in [-0.25, -0.2) is 4.98 Å². The molecule has 4 heteroatoms. The molecule has 0 fully saturated rings. The van der Waals surface area contributed by atoms with E-state index in [2.05, 4.69) is 28.5 Å². The number of nitrogens with two attached hydrogens (primary N) is 1. The zero-order chi connectivity index (χ0) is 13.2. The second-order valence-corrected chi connectivity index (χ2v) is 5.70. The predicted molar refractivity (Wildman–Crippen MR) is 82.5 cm³/mol. The van der Waals surface area contributed by atoms with Gasteiger partial charge in [0.1, 0.15) is 0 Å². The van der Waals surface area contributed by atoms with Crippen LogP contribution in [0.2, 0.25) is 0 Å². The van der Waals surface area contributed by atoms with Gasteiger partial charge in [0.2, 0.25) is 0 Å². The predicted octanol–water partition coefficient (Wildman–Crippen LogP) is 3.80. The summed E-state index contributed by atoms with van der Waals surface area (Å²) in [5.74, 6) is 0. The van der Waals surface area contributed by atoms with Crippen LogP contribution in [-0.2, 0) is 6.54 Å². The van der Waals surface area contributed by atoms with Gasteiger partial charge in [0.05, 0.1) is 15.2 Å². The highest BCUT2D eigenvalue weighted by atomic mass is 32.1. The summed E-state index contributed by atoms with van der Waals surface area (Å²) in [6.07, 6.45) is 0. The Balaban J connectivity index is 1.80. The van der Waals surface area contributed by atoms with E-state index in [1.807, 2.05) is 31.2 Å². The molecular weight excluding hydrogens is 254 g/mol. The number of aryl methyl sites for hydroxylation is 1. The third-order valence-electron chi connectivity index (χ3n) is 3.03. The van der Waals surface area contributed by atoms with Crippen LogP contribution in [0.15, 0.2) is 42.5 Å². The van der Waals surface area contributed by atoms with Crippen molar-refractivity contribution in [2.75, 3.05) is 11.1 Å². The Hall–Kier alpha value is -2.07. The molecule has 0 amide bonds. The van der Waals surface area contributed by atoms with Gasteiger partial charge in [0.15, 0.2) is 0 Å². The van der Waals surface area contributed by atoms with Crippen LogP contribution in [0.1, 0.15) is 10.6 Å². The van der Waals surface area contributed by atoms with E-state index in [0.717, 1.165) is 34.0 Å². The summed E-state index contributed by atoms with van der Waals surface area (Å²) in [6, 6.07) is 14.2. The molecule has 0 aliphatic carbocycles. The molecule has 1 heterocycles. The Morgan fingerprint density at radius 2 is 2.05 bits per heavy atom. The molecule has 96 valence electrons. The summed E-state index contributed by atoms with van der Waals surface area (Å²) in [5.41, 5.74) is 10.0. The fourth-order valence-corrected chi connectivity index (χ4v) is 2.91. The van der Waals surface area contributed by atoms with Crippen molar-refractivity contribution in [3.63, 3.8) is 0 Å². The first-order valence-electron chi connectivity index (χ1n) is 6.17. The minimum atomic E-state index is 0.732. The fourth-order valence-electron chi connectivity index (χ4n) is 2.04. The standard InChI is InChI=1S/C15H15N3S/c1-10-18-14-7-6-12(8-15(14)19-10)17-9-11-4-2-3-5-13(11)16/h2-8,17H,9,16H2,1H3. The zero-order valence-corrected chi connectivity index (χ0v) is 11.5. The van der Waals surface area contributed by atoms with E-state index in [-0.39, 0.29) is 0 Å². The number of hydrogen-bond donors (Lipinski definition) is 2. The van der Waals surface area contributed by atoms with Crippen molar-refractivity contribution in [1.29, 1.82) is 0 Å². The molecule has 3 nitrogen and oxygen atoms in total. The van der Waals surface area contributed by atoms with Crippen LogP contribution in [0, 0.1) is 6.92 Å². The normalized spacial score (nSPS) is 10.8. The van der Waals surface area contributed by atoms with Crippen LogP contribution in [-0.4, -0.2) is 4.98 Å². The number of benzene rings is 2. The second kappa shape index (κ2) is 4.90. The van der Waals surface area contributed by atoms with Crippen molar-refractivity contribution in [1.82, 2.24) is 4.98 Å². The number of thiazole rings is 1. The lowest BCUT2D eigenvalue weighted by molar-refractivity contribution is 1.16. The Morgan fingerprint density at radius 1 is 1.21 bits per heavy atom. The first kappa shape index (κ1) is 12.0. The molecule has 19 heavy (non-hydrogen) atoms. The van der Waals surface area contributed by atoms with Gasteiger partial charge in [0, 0.05) is 17.9 Å². The average Bonchev–Trinajstić information content (AvgIpc) is 2.77. The Morgan fingerprint density at radius 3 is 2.89 bits per heavy atom. The smallest absolute Gasteiger partial charge is 0.0907 e. The van der Waals surface area contributed by atoms with Crippen molar-refractivity contribution in [3.05, 3.63) is 53.0 Å². The molecule has 0 aliphatic rings. The van der Waals surface area contributed by atoms with E-state index < -0.39 is 0 Å². The summed E-state index contributed by atoms with van der Waals surface area (Å²) in [5, 5.41) is 4.50. The number of hydrogen-bond acceptors (Lipinski definition) is 4. The van der Waals surface area contributed by atoms with Crippen molar-refractivity contribution < 1.29 is 0 Å². The molecule has 3 aromatic rings. The maximum absolute atomic E-state index is 5.93. The lowest BCUT2D eigenvalue weighted by Gasteiger charge is -2.08. The highest BCUT2D eigenvalue weighted by Crippen LogP contribution is 2.25. The van der Waals surface area contributed by atoms with Crippen LogP contribution >= 0.6 is 11.3 Å². The largest absolute Gasteiger partial charge is 0.398 e. The van der Waals surface area contributed by atoms with Gasteiger partial charge in [0.25, 0.3) is 0 Å². The first-order chi connectivity index (χ1) is 9.22. The number of fused-ring (bicyclic) bond motifs is 1. The van der Waals surface area contributed by atoms with E-state index >= 15 is 0 Å². The summed E-state index contributed by atoms with van der Waals surface area (Å²) >= 11 is 1.72. The number of nitrogens with one attached hydrogen (secondary N) is 1. The molecule has 0 radical (unpaired) electrons. The minimum Gasteiger partial charge on any atom is -0.398 e. The van der Waals surface area contributed by atoms with Crippen LogP contribution < -0.4 is 11.1 Å². The highest BCUT2D eigenvalue weighted by Gasteiger charge is 2.02. The molecule has 2 aromatic carbocycles. The highest BCUT2D eigenvalue weighted by molar-refractivity contribution is 7.18. The maximum atomic E-state index is 5.93. The van der Waals surface area contributed by atoms with Crippen molar-refractivity contribution in [3.8, 4) is 0 Å². The van der Waals surface area contributed by atoms with E-state index in [9.17, 15) is 0 Å². The monoisotopic (exact) mass is 269 g/mol. The van der Waals surface area contributed by atoms with Crippen LogP contribution in [0.3, 0.4) is 0 Å². The molecule has 0 bridgehead atoms. The molecule has 3 N–H and O–H groups in total. The van der Waals surface area contributed by atoms with E-state index in [1.165, 1.54) is 4.70 Å². The SMILES string of the molecule is Cc1nc2ccc(NCc3ccccc3N)cc2s1. The molecule has 0 saturated carbocycles. The summed E-state index contributed by atoms with van der Waals surface area (Å²) < 4.78 is 1.21. The lowest BCUT2D eigenvalue weighted by Crippen LogP contribution is -2.02. The van der Waals surface area contributed by atoms with E-state index in [1.54, 1.807) is 11.3 Å². The number of anilines is 2. The summed E-state index contributed by atoms with van der Waals surface area (Å²) in [4.78, 5) is 4.46. The second-order valence-electron chi connectivity index (χ2n) is 4.47. The molecule has 0 spiro atoms. The number of para-hydroxylation sites is 1. The number of aromatic nitrogens is 1. The third-order valence-corrected chi connectivity index (χ3v) is 3.97. The maximum Gasteiger partial charge on any atom is 0.0907 e. The number of nitrogen functional groups attached to an aromatic ring is 1. The van der Waals surface area contributed by atoms with Crippen LogP contribution in [0.4, 0.5) is 11.4 Å². The average molecular weight is 269 g/mol. The van der Waals surface area contributed by atoms with Crippen molar-refractivity contribution in [2.24, 2.45) is 0 Å². The molecule has 1 aromatic heterocycles. The molecular formula is C15H15N3S. The topological polar surface area (TPSA) is 50.9 Å². The quantitative estimate of drug-likeness (QED) is 0.711. The van der Waals surface area contributed by atoms with Crippen LogP contribution in [0.25, 0.3) is 10.2 Å². The van der Waals surface area contributed by atoms with Gasteiger partial charge in [-0.1, -0.05) is 18.2 Å². The summed E-state index contributed by atoms with van der Waals surface area (Å²) in [6.45, 7) is 2.76. The number of nitrogens with zero attached hydrogens (tertiary/aromatic N) is 1. The van der Waals surface area contributed by atoms with E-state index in [0.29, 0.717) is 0 Å². The number of rotatable bonds is 3. The van der Waals surface area contributed by atoms with Gasteiger partial charge in [-0.3, -0.25) is 0 Å². The van der Waals surface area contributed by atoms with E-state index in [4.69, 9.17) is 5.73 Å². The van der Waals surface area contributed by atoms with Gasteiger partial charge in [-0.15, -0.1) is 11.3 Å². The Kier molecular flexibility index (Phi) is 3.09. The molecule has 0 saturated heterocycles. The summed E-state index contributed by atoms with van der Waals surface area (Å²) in [7, 11) is 0. The minimum absolute atomic E-state index is 0.732. The van der Waals surface area contributed by atoms with Crippen molar-refractivity contribution in [2.45, 2.75) is 13.5 Å². The van der Waals surface area contributed by atoms with Crippen LogP contribution in [0.5, 0.6) is 0 Å². The van der Waals surface area contributed by atoms with Gasteiger partial charge < -0.3 is 11.1 Å². The van der Waals surface area contributed by atoms with Gasteiger partial charge in [-0.05, 0) is 36.8 Å². The van der Waals surface area contributed by atoms with Gasteiger partial charge in [-0.2, -0.15) is 0 Å². The molecule has 0 aliphatic heterocycles. The first-order valence-corrected chi connectivity index (χ1v) is 6.98. The lowest BCUT2D eigenvalue weighted by atomic mass is 10.2. The Labute approximate surface area is 116 Å². The van der Waals surface area contributed by atoms with Crippen molar-refractivity contribution >= 4 is 32.9 Å². The Bertz CT molecular complexity index is 718. The third kappa shape index (κ3) is 2.53. The molecule has 0 unspecified atom stereocenters. The zero-order valence-electron chi connectivity index (χ0n) is 10.7. The van der Waals surface area contributed by atoms with Gasteiger partial charge >= 0.3 is 0 Å². The molecule has 3 rings (SSSR count). The fraction of sp³-hybridized carbons (Fsp3) is 0.133.